The molecule has 1 aromatic heterocycles. The van der Waals surface area contributed by atoms with Crippen LogP contribution in [0.1, 0.15) is 31.2 Å². The highest BCUT2D eigenvalue weighted by Crippen LogP contribution is 2.37. The predicted molar refractivity (Wildman–Crippen MR) is 82.2 cm³/mol. The molecule has 1 aliphatic carbocycles. The van der Waals surface area contributed by atoms with Crippen molar-refractivity contribution < 1.29 is 4.79 Å². The van der Waals surface area contributed by atoms with E-state index in [1.807, 2.05) is 12.3 Å². The summed E-state index contributed by atoms with van der Waals surface area (Å²) in [6, 6.07) is 1.94. The molecule has 1 fully saturated rings. The highest BCUT2D eigenvalue weighted by molar-refractivity contribution is 5.86. The number of nitrogens with two attached hydrogens (primary N) is 2. The molecule has 1 aromatic rings. The van der Waals surface area contributed by atoms with Gasteiger partial charge in [-0.05, 0) is 37.8 Å². The summed E-state index contributed by atoms with van der Waals surface area (Å²) in [6.45, 7) is 0. The molecule has 0 saturated heterocycles. The lowest BCUT2D eigenvalue weighted by Gasteiger charge is -2.29. The lowest BCUT2D eigenvalue weighted by molar-refractivity contribution is -0.104. The van der Waals surface area contributed by atoms with Crippen LogP contribution in [0.25, 0.3) is 5.70 Å². The molecule has 1 aliphatic heterocycles. The number of carbonyl (C=O) groups excluding carboxylic acids is 1. The molecule has 0 amide bonds. The quantitative estimate of drug-likeness (QED) is 0.438. The molecule has 0 radical (unpaired) electrons. The Hall–Kier alpha value is -2.34. The van der Waals surface area contributed by atoms with Crippen LogP contribution in [0.3, 0.4) is 0 Å². The predicted octanol–water partition coefficient (Wildman–Crippen LogP) is 1.81. The van der Waals surface area contributed by atoms with Crippen LogP contribution in [-0.4, -0.2) is 22.6 Å². The molecule has 21 heavy (non-hydrogen) atoms. The van der Waals surface area contributed by atoms with Gasteiger partial charge in [0.05, 0.1) is 5.70 Å². The Labute approximate surface area is 123 Å². The molecule has 0 unspecified atom stereocenters. The first-order chi connectivity index (χ1) is 10.2. The Kier molecular flexibility index (Phi) is 3.62. The summed E-state index contributed by atoms with van der Waals surface area (Å²) in [7, 11) is 0. The zero-order valence-corrected chi connectivity index (χ0v) is 11.7. The molecule has 1 saturated carbocycles. The van der Waals surface area contributed by atoms with Crippen molar-refractivity contribution in [1.82, 2.24) is 9.99 Å². The standard InChI is InChI=1S/C15H19N5O/c16-13(11-3-1-10(2-4-11)6-8-21)14-12-5-7-18-15(12)19-9-20(14)17/h5-9,11,18H,1-4,16-17H2/b10-6?,14-13-. The molecule has 0 bridgehead atoms. The number of nitrogens with zero attached hydrogens (tertiary/aromatic N) is 2. The molecule has 2 aliphatic rings. The molecule has 110 valence electrons. The molecule has 3 rings (SSSR count). The number of aromatic nitrogens is 1. The fourth-order valence-electron chi connectivity index (χ4n) is 3.04. The number of carbonyl (C=O) groups is 1. The number of aldehydes is 1. The number of H-pyrrole nitrogens is 1. The van der Waals surface area contributed by atoms with Gasteiger partial charge in [-0.15, -0.1) is 0 Å². The average Bonchev–Trinajstić information content (AvgIpc) is 2.96. The second-order valence-corrected chi connectivity index (χ2v) is 5.43. The van der Waals surface area contributed by atoms with E-state index in [0.717, 1.165) is 54.7 Å². The zero-order chi connectivity index (χ0) is 14.8. The van der Waals surface area contributed by atoms with Gasteiger partial charge in [0.2, 0.25) is 0 Å². The van der Waals surface area contributed by atoms with Gasteiger partial charge in [-0.2, -0.15) is 0 Å². The largest absolute Gasteiger partial charge is 0.400 e. The van der Waals surface area contributed by atoms with E-state index in [1.54, 1.807) is 12.4 Å². The molecule has 0 aromatic carbocycles. The molecular weight excluding hydrogens is 266 g/mol. The molecule has 5 N–H and O–H groups in total. The van der Waals surface area contributed by atoms with Crippen molar-refractivity contribution in [2.45, 2.75) is 25.7 Å². The maximum atomic E-state index is 10.5. The van der Waals surface area contributed by atoms with E-state index >= 15 is 0 Å². The first-order valence-electron chi connectivity index (χ1n) is 7.09. The Morgan fingerprint density at radius 1 is 1.43 bits per heavy atom. The minimum Gasteiger partial charge on any atom is -0.400 e. The van der Waals surface area contributed by atoms with Crippen LogP contribution in [0.2, 0.25) is 0 Å². The summed E-state index contributed by atoms with van der Waals surface area (Å²) in [6.07, 6.45) is 9.66. The number of hydrogen-bond donors (Lipinski definition) is 3. The Balaban J connectivity index is 1.87. The van der Waals surface area contributed by atoms with Crippen molar-refractivity contribution in [2.75, 3.05) is 0 Å². The molecule has 6 nitrogen and oxygen atoms in total. The maximum Gasteiger partial charge on any atom is 0.142 e. The van der Waals surface area contributed by atoms with Crippen molar-refractivity contribution in [3.05, 3.63) is 35.2 Å². The van der Waals surface area contributed by atoms with Crippen LogP contribution in [0.4, 0.5) is 5.82 Å². The van der Waals surface area contributed by atoms with Gasteiger partial charge in [0.15, 0.2) is 0 Å². The minimum atomic E-state index is 0.282. The minimum absolute atomic E-state index is 0.282. The molecule has 6 heteroatoms. The van der Waals surface area contributed by atoms with Crippen LogP contribution in [0.15, 0.2) is 34.6 Å². The number of fused-ring (bicyclic) bond motifs is 1. The van der Waals surface area contributed by atoms with E-state index in [1.165, 1.54) is 10.6 Å². The number of allylic oxidation sites excluding steroid dienone is 3. The van der Waals surface area contributed by atoms with Crippen LogP contribution < -0.4 is 11.6 Å². The lowest BCUT2D eigenvalue weighted by Crippen LogP contribution is -2.33. The summed E-state index contributed by atoms with van der Waals surface area (Å²) in [5, 5.41) is 1.49. The summed E-state index contributed by atoms with van der Waals surface area (Å²) >= 11 is 0. The Morgan fingerprint density at radius 2 is 2.19 bits per heavy atom. The number of hydrazine groups is 1. The smallest absolute Gasteiger partial charge is 0.142 e. The van der Waals surface area contributed by atoms with E-state index in [4.69, 9.17) is 11.6 Å². The van der Waals surface area contributed by atoms with Gasteiger partial charge in [0.1, 0.15) is 18.4 Å². The number of aliphatic imine (C=N–C) groups is 1. The third-order valence-electron chi connectivity index (χ3n) is 4.19. The van der Waals surface area contributed by atoms with E-state index in [2.05, 4.69) is 9.98 Å². The van der Waals surface area contributed by atoms with Gasteiger partial charge in [0, 0.05) is 23.4 Å². The molecular formula is C15H19N5O. The van der Waals surface area contributed by atoms with E-state index < -0.39 is 0 Å². The Bertz CT molecular complexity index is 630. The van der Waals surface area contributed by atoms with Crippen LogP contribution in [0, 0.1) is 5.92 Å². The van der Waals surface area contributed by atoms with Crippen molar-refractivity contribution >= 4 is 24.1 Å². The fourth-order valence-corrected chi connectivity index (χ4v) is 3.04. The van der Waals surface area contributed by atoms with Gasteiger partial charge in [0.25, 0.3) is 0 Å². The molecule has 0 spiro atoms. The van der Waals surface area contributed by atoms with Crippen molar-refractivity contribution in [3.8, 4) is 0 Å². The second kappa shape index (κ2) is 5.57. The van der Waals surface area contributed by atoms with Gasteiger partial charge >= 0.3 is 0 Å². The number of rotatable bonds is 2. The summed E-state index contributed by atoms with van der Waals surface area (Å²) in [5.74, 6) is 7.08. The second-order valence-electron chi connectivity index (χ2n) is 5.43. The molecule has 0 atom stereocenters. The first-order valence-corrected chi connectivity index (χ1v) is 7.09. The monoisotopic (exact) mass is 285 g/mol. The Morgan fingerprint density at radius 3 is 2.90 bits per heavy atom. The van der Waals surface area contributed by atoms with E-state index in [0.29, 0.717) is 0 Å². The van der Waals surface area contributed by atoms with Crippen LogP contribution in [0.5, 0.6) is 0 Å². The van der Waals surface area contributed by atoms with Gasteiger partial charge in [-0.1, -0.05) is 5.57 Å². The fraction of sp³-hybridized carbons (Fsp3) is 0.333. The lowest BCUT2D eigenvalue weighted by atomic mass is 9.83. The van der Waals surface area contributed by atoms with Crippen LogP contribution in [-0.2, 0) is 4.79 Å². The van der Waals surface area contributed by atoms with Crippen LogP contribution >= 0.6 is 0 Å². The maximum absolute atomic E-state index is 10.5. The zero-order valence-electron chi connectivity index (χ0n) is 11.7. The van der Waals surface area contributed by atoms with Gasteiger partial charge in [-0.3, -0.25) is 9.80 Å². The van der Waals surface area contributed by atoms with Crippen molar-refractivity contribution in [2.24, 2.45) is 22.5 Å². The van der Waals surface area contributed by atoms with Crippen molar-refractivity contribution in [3.63, 3.8) is 0 Å². The average molecular weight is 285 g/mol. The van der Waals surface area contributed by atoms with Gasteiger partial charge < -0.3 is 10.7 Å². The third-order valence-corrected chi connectivity index (χ3v) is 4.19. The normalized spacial score (nSPS) is 23.8. The number of nitrogens with one attached hydrogen (secondary N) is 1. The highest BCUT2D eigenvalue weighted by atomic mass is 16.1. The first kappa shape index (κ1) is 13.6. The van der Waals surface area contributed by atoms with E-state index in [9.17, 15) is 4.79 Å². The number of aromatic amines is 1. The topological polar surface area (TPSA) is 100 Å². The molecule has 2 heterocycles. The van der Waals surface area contributed by atoms with E-state index in [-0.39, 0.29) is 5.92 Å². The van der Waals surface area contributed by atoms with Crippen molar-refractivity contribution in [1.29, 1.82) is 0 Å². The van der Waals surface area contributed by atoms with Gasteiger partial charge in [-0.25, -0.2) is 10.8 Å². The third kappa shape index (κ3) is 2.50. The highest BCUT2D eigenvalue weighted by Gasteiger charge is 2.26. The summed E-state index contributed by atoms with van der Waals surface area (Å²) < 4.78 is 0. The summed E-state index contributed by atoms with van der Waals surface area (Å²) in [4.78, 5) is 17.8. The summed E-state index contributed by atoms with van der Waals surface area (Å²) in [5.41, 5.74) is 10.2. The SMILES string of the molecule is N/C(=C1/c2cc[nH]c2N=CN1N)C1CCC(=CC=O)CC1. The number of hydrogen-bond acceptors (Lipinski definition) is 5.